The molecule has 0 saturated heterocycles. The Morgan fingerprint density at radius 2 is 0.873 bits per heavy atom. The van der Waals surface area contributed by atoms with Gasteiger partial charge in [0.25, 0.3) is 5.91 Å². The number of amides is 3. The van der Waals surface area contributed by atoms with Crippen LogP contribution in [0.25, 0.3) is 0 Å². The minimum Gasteiger partial charge on any atom is -0.497 e. The number of benzene rings is 2. The molecule has 0 spiro atoms. The summed E-state index contributed by atoms with van der Waals surface area (Å²) in [7, 11) is 13.5. The molecule has 2 aromatic carbocycles. The van der Waals surface area contributed by atoms with Gasteiger partial charge in [-0.2, -0.15) is 0 Å². The fourth-order valence-corrected chi connectivity index (χ4v) is 4.61. The maximum Gasteiger partial charge on any atom is 0.253 e. The molecule has 0 bridgehead atoms. The van der Waals surface area contributed by atoms with Crippen LogP contribution in [0.2, 0.25) is 0 Å². The SMILES string of the molecule is C.C.C.C.CC(=O)N(C)C.CCCC(=O)N(C)C.CCCS(=O)(=O)N(C)C.CN(C)S(C)(=O)=O.COc1ccc(C(=O)N(C)C)cc1.COc1ccc(S(=O)(=O)N(C)C)cc1.I.I. The first-order chi connectivity index (χ1) is 25.9. The van der Waals surface area contributed by atoms with E-state index in [4.69, 9.17) is 9.47 Å². The molecule has 0 aromatic heterocycles. The van der Waals surface area contributed by atoms with Crippen LogP contribution in [-0.2, 0) is 39.7 Å². The van der Waals surface area contributed by atoms with Crippen molar-refractivity contribution in [1.82, 2.24) is 27.6 Å². The molecule has 0 aliphatic heterocycles. The van der Waals surface area contributed by atoms with Crippen LogP contribution >= 0.6 is 48.0 Å². The zero-order valence-corrected chi connectivity index (χ0v) is 45.3. The number of rotatable bonds is 11. The molecule has 0 radical (unpaired) electrons. The summed E-state index contributed by atoms with van der Waals surface area (Å²) >= 11 is 0. The molecular formula is C41H88I2N6O11S3. The zero-order chi connectivity index (χ0) is 45.9. The molecule has 0 saturated carbocycles. The number of sulfonamides is 3. The smallest absolute Gasteiger partial charge is 0.253 e. The second-order valence-electron chi connectivity index (χ2n) is 13.0. The molecule has 0 N–H and O–H groups in total. The third-order valence-electron chi connectivity index (χ3n) is 6.86. The van der Waals surface area contributed by atoms with Crippen molar-refractivity contribution in [2.75, 3.05) is 111 Å². The number of carbonyl (C=O) groups excluding carboxylic acids is 3. The highest BCUT2D eigenvalue weighted by Gasteiger charge is 2.16. The van der Waals surface area contributed by atoms with Gasteiger partial charge in [0.2, 0.25) is 41.9 Å². The number of halogens is 2. The molecule has 0 aliphatic rings. The fraction of sp³-hybridized carbons (Fsp3) is 0.634. The summed E-state index contributed by atoms with van der Waals surface area (Å²) < 4.78 is 79.0. The molecule has 63 heavy (non-hydrogen) atoms. The van der Waals surface area contributed by atoms with Crippen LogP contribution in [-0.4, -0.2) is 181 Å². The Labute approximate surface area is 420 Å². The van der Waals surface area contributed by atoms with Crippen LogP contribution in [0.5, 0.6) is 11.5 Å². The standard InChI is InChI=1S/C10H13NO2.C9H13NO3S.C6H13NO.C5H13NO2S.C4H9NO.C3H9NO2S.4CH4.2HI/c1-11(2)10(12)8-4-6-9(13-3)7-5-8;1-10(2)14(11,12)9-6-4-8(13-3)5-7-9;1-4-5-6(8)7(2)3;1-4-5-9(7,8)6(2)3;1-4(6)5(2)3;1-4(2)7(3,5)6;;;;;;/h4-7H,1-3H3;4-7H,1-3H3;4-5H2,1-3H3;4-5H2,1-3H3;1-3H3;1-3H3;4*1H4;2*1H. The Balaban J connectivity index is -0.0000000673. The zero-order valence-electron chi connectivity index (χ0n) is 38.2. The molecule has 2 aromatic rings. The van der Waals surface area contributed by atoms with Crippen LogP contribution in [0.15, 0.2) is 53.4 Å². The fourth-order valence-electron chi connectivity index (χ4n) is 2.83. The predicted octanol–water partition coefficient (Wildman–Crippen LogP) is 6.89. The van der Waals surface area contributed by atoms with Crippen molar-refractivity contribution in [2.45, 2.75) is 74.6 Å². The van der Waals surface area contributed by atoms with Crippen molar-refractivity contribution in [2.24, 2.45) is 0 Å². The molecular weight excluding hydrogens is 1100 g/mol. The van der Waals surface area contributed by atoms with Crippen molar-refractivity contribution >= 4 is 95.7 Å². The van der Waals surface area contributed by atoms with Gasteiger partial charge in [0, 0.05) is 103 Å². The lowest BCUT2D eigenvalue weighted by Crippen LogP contribution is -2.24. The average Bonchev–Trinajstić information content (AvgIpc) is 3.12. The molecule has 0 atom stereocenters. The highest BCUT2D eigenvalue weighted by Crippen LogP contribution is 2.17. The Hall–Kier alpha value is -2.36. The summed E-state index contributed by atoms with van der Waals surface area (Å²) in [6, 6.07) is 13.3. The van der Waals surface area contributed by atoms with Crippen molar-refractivity contribution < 1.29 is 49.1 Å². The van der Waals surface area contributed by atoms with E-state index >= 15 is 0 Å². The van der Waals surface area contributed by atoms with E-state index in [1.54, 1.807) is 110 Å². The molecule has 0 aliphatic carbocycles. The molecule has 2 rings (SSSR count). The van der Waals surface area contributed by atoms with E-state index in [-0.39, 0.29) is 106 Å². The molecule has 0 heterocycles. The van der Waals surface area contributed by atoms with Gasteiger partial charge >= 0.3 is 0 Å². The van der Waals surface area contributed by atoms with Gasteiger partial charge in [-0.25, -0.2) is 38.2 Å². The lowest BCUT2D eigenvalue weighted by molar-refractivity contribution is -0.128. The molecule has 3 amide bonds. The van der Waals surface area contributed by atoms with E-state index < -0.39 is 30.1 Å². The van der Waals surface area contributed by atoms with Gasteiger partial charge in [0.05, 0.1) is 31.1 Å². The van der Waals surface area contributed by atoms with E-state index in [0.717, 1.165) is 22.7 Å². The van der Waals surface area contributed by atoms with Gasteiger partial charge in [-0.15, -0.1) is 48.0 Å². The Morgan fingerprint density at radius 1 is 0.540 bits per heavy atom. The minimum absolute atomic E-state index is 0. The van der Waals surface area contributed by atoms with E-state index in [9.17, 15) is 39.6 Å². The number of ether oxygens (including phenoxy) is 2. The largest absolute Gasteiger partial charge is 0.497 e. The number of nitrogens with zero attached hydrogens (tertiary/aromatic N) is 6. The summed E-state index contributed by atoms with van der Waals surface area (Å²) in [5, 5.41) is 0. The first-order valence-corrected chi connectivity index (χ1v) is 22.4. The van der Waals surface area contributed by atoms with Crippen LogP contribution in [0.1, 0.15) is 80.1 Å². The highest BCUT2D eigenvalue weighted by atomic mass is 127. The summed E-state index contributed by atoms with van der Waals surface area (Å²) in [4.78, 5) is 37.1. The lowest BCUT2D eigenvalue weighted by Gasteiger charge is -2.11. The van der Waals surface area contributed by atoms with Gasteiger partial charge < -0.3 is 24.2 Å². The summed E-state index contributed by atoms with van der Waals surface area (Å²) in [5.41, 5.74) is 0.672. The molecule has 0 unspecified atom stereocenters. The van der Waals surface area contributed by atoms with E-state index in [1.165, 1.54) is 67.9 Å². The lowest BCUT2D eigenvalue weighted by atomic mass is 10.2. The molecule has 380 valence electrons. The van der Waals surface area contributed by atoms with Crippen molar-refractivity contribution in [1.29, 1.82) is 0 Å². The molecule has 0 fully saturated rings. The highest BCUT2D eigenvalue weighted by molar-refractivity contribution is 14.0. The first-order valence-electron chi connectivity index (χ1n) is 17.5. The van der Waals surface area contributed by atoms with Gasteiger partial charge in [-0.05, 0) is 61.4 Å². The number of hydrogen-bond donors (Lipinski definition) is 0. The second-order valence-corrected chi connectivity index (χ2v) is 19.6. The van der Waals surface area contributed by atoms with Crippen molar-refractivity contribution in [3.8, 4) is 11.5 Å². The Morgan fingerprint density at radius 3 is 1.05 bits per heavy atom. The van der Waals surface area contributed by atoms with E-state index in [2.05, 4.69) is 0 Å². The van der Waals surface area contributed by atoms with Gasteiger partial charge in [-0.3, -0.25) is 14.4 Å². The van der Waals surface area contributed by atoms with Gasteiger partial charge in [-0.1, -0.05) is 43.6 Å². The maximum atomic E-state index is 11.6. The summed E-state index contributed by atoms with van der Waals surface area (Å²) in [6.45, 7) is 5.38. The van der Waals surface area contributed by atoms with Crippen LogP contribution < -0.4 is 9.47 Å². The van der Waals surface area contributed by atoms with Crippen LogP contribution in [0.3, 0.4) is 0 Å². The predicted molar refractivity (Wildman–Crippen MR) is 287 cm³/mol. The van der Waals surface area contributed by atoms with Crippen molar-refractivity contribution in [3.05, 3.63) is 54.1 Å². The van der Waals surface area contributed by atoms with Gasteiger partial charge in [0.15, 0.2) is 0 Å². The topological polar surface area (TPSA) is 192 Å². The third-order valence-corrected chi connectivity index (χ3v) is 12.0. The Bertz CT molecular complexity index is 1760. The quantitative estimate of drug-likeness (QED) is 0.213. The summed E-state index contributed by atoms with van der Waals surface area (Å²) in [5.74, 6) is 1.96. The minimum atomic E-state index is -3.32. The third kappa shape index (κ3) is 42.1. The van der Waals surface area contributed by atoms with Crippen LogP contribution in [0.4, 0.5) is 0 Å². The first kappa shape index (κ1) is 84.1. The maximum absolute atomic E-state index is 11.6. The molecule has 22 heteroatoms. The normalized spacial score (nSPS) is 9.60. The van der Waals surface area contributed by atoms with Gasteiger partial charge in [0.1, 0.15) is 11.5 Å². The van der Waals surface area contributed by atoms with E-state index in [0.29, 0.717) is 24.2 Å². The molecule has 17 nitrogen and oxygen atoms in total. The summed E-state index contributed by atoms with van der Waals surface area (Å²) in [6.07, 6.45) is 3.46. The second kappa shape index (κ2) is 43.5. The number of hydrogen-bond acceptors (Lipinski definition) is 11. The van der Waals surface area contributed by atoms with Crippen molar-refractivity contribution in [3.63, 3.8) is 0 Å². The number of methoxy groups -OCH3 is 2. The average molecular weight is 1190 g/mol. The Kier molecular flexibility index (Phi) is 58.1. The van der Waals surface area contributed by atoms with Crippen LogP contribution in [0, 0.1) is 0 Å². The number of carbonyl (C=O) groups is 3. The monoisotopic (exact) mass is 1190 g/mol. The van der Waals surface area contributed by atoms with E-state index in [1.807, 2.05) is 13.8 Å².